The highest BCUT2D eigenvalue weighted by Crippen LogP contribution is 2.33. The summed E-state index contributed by atoms with van der Waals surface area (Å²) in [6.07, 6.45) is 4.10. The average Bonchev–Trinajstić information content (AvgIpc) is 3.46. The van der Waals surface area contributed by atoms with Gasteiger partial charge >= 0.3 is 0 Å². The molecule has 120 valence electrons. The van der Waals surface area contributed by atoms with Crippen LogP contribution in [-0.2, 0) is 11.2 Å². The van der Waals surface area contributed by atoms with Gasteiger partial charge in [0.25, 0.3) is 0 Å². The maximum absolute atomic E-state index is 12.1. The molecule has 4 heteroatoms. The number of aromatic nitrogens is 2. The molecule has 0 aliphatic heterocycles. The van der Waals surface area contributed by atoms with Crippen LogP contribution in [0.5, 0.6) is 5.75 Å². The van der Waals surface area contributed by atoms with Gasteiger partial charge in [0, 0.05) is 17.7 Å². The highest BCUT2D eigenvalue weighted by Gasteiger charge is 2.29. The lowest BCUT2D eigenvalue weighted by atomic mass is 10.0. The molecule has 24 heavy (non-hydrogen) atoms. The van der Waals surface area contributed by atoms with Gasteiger partial charge in [0.15, 0.2) is 0 Å². The van der Waals surface area contributed by atoms with E-state index in [-0.39, 0.29) is 11.7 Å². The molecule has 0 N–H and O–H groups in total. The van der Waals surface area contributed by atoms with Crippen LogP contribution in [0.4, 0.5) is 0 Å². The second-order valence-electron chi connectivity index (χ2n) is 6.16. The molecule has 0 bridgehead atoms. The van der Waals surface area contributed by atoms with Crippen LogP contribution in [-0.4, -0.2) is 22.9 Å². The van der Waals surface area contributed by atoms with Crippen LogP contribution in [0.3, 0.4) is 0 Å². The Bertz CT molecular complexity index is 902. The zero-order valence-electron chi connectivity index (χ0n) is 13.5. The van der Waals surface area contributed by atoms with Crippen LogP contribution in [0.15, 0.2) is 48.7 Å². The quantitative estimate of drug-likeness (QED) is 0.717. The smallest absolute Gasteiger partial charge is 0.146 e. The van der Waals surface area contributed by atoms with E-state index in [0.29, 0.717) is 23.4 Å². The van der Waals surface area contributed by atoms with Gasteiger partial charge in [0.05, 0.1) is 19.2 Å². The van der Waals surface area contributed by atoms with E-state index in [0.717, 1.165) is 29.5 Å². The van der Waals surface area contributed by atoms with E-state index in [4.69, 9.17) is 4.74 Å². The molecule has 4 rings (SSSR count). The summed E-state index contributed by atoms with van der Waals surface area (Å²) in [5.74, 6) is 1.18. The van der Waals surface area contributed by atoms with Crippen molar-refractivity contribution >= 4 is 16.8 Å². The number of nitrogens with zero attached hydrogens (tertiary/aromatic N) is 2. The van der Waals surface area contributed by atoms with Crippen molar-refractivity contribution < 1.29 is 9.53 Å². The standard InChI is InChI=1S/C20H18N2O2/c1-24-18-10-9-16(13-5-3-2-4-6-13)19-20(18)22-15(12-21-19)11-17(23)14-7-8-14/h2-6,9-10,12,14H,7-8,11H2,1H3. The SMILES string of the molecule is COc1ccc(-c2ccccc2)c2ncc(CC(=O)C3CC3)nc12. The number of benzene rings is 2. The van der Waals surface area contributed by atoms with E-state index in [2.05, 4.69) is 9.97 Å². The molecule has 0 saturated heterocycles. The molecule has 0 atom stereocenters. The summed E-state index contributed by atoms with van der Waals surface area (Å²) in [6.45, 7) is 0. The molecule has 1 heterocycles. The Labute approximate surface area is 140 Å². The Balaban J connectivity index is 1.81. The fourth-order valence-corrected chi connectivity index (χ4v) is 2.94. The monoisotopic (exact) mass is 318 g/mol. The summed E-state index contributed by atoms with van der Waals surface area (Å²) in [7, 11) is 1.63. The van der Waals surface area contributed by atoms with Crippen molar-refractivity contribution in [1.29, 1.82) is 0 Å². The number of Topliss-reactive ketones (excluding diaryl/α,β-unsaturated/α-hetero) is 1. The third-order valence-electron chi connectivity index (χ3n) is 4.41. The number of ether oxygens (including phenoxy) is 1. The van der Waals surface area contributed by atoms with Gasteiger partial charge in [-0.25, -0.2) is 4.98 Å². The zero-order chi connectivity index (χ0) is 16.5. The first-order valence-corrected chi connectivity index (χ1v) is 8.17. The third-order valence-corrected chi connectivity index (χ3v) is 4.41. The maximum atomic E-state index is 12.1. The number of carbonyl (C=O) groups excluding carboxylic acids is 1. The van der Waals surface area contributed by atoms with Gasteiger partial charge < -0.3 is 4.74 Å². The van der Waals surface area contributed by atoms with Gasteiger partial charge in [0.2, 0.25) is 0 Å². The predicted molar refractivity (Wildman–Crippen MR) is 93.0 cm³/mol. The number of hydrogen-bond acceptors (Lipinski definition) is 4. The van der Waals surface area contributed by atoms with Crippen molar-refractivity contribution in [1.82, 2.24) is 9.97 Å². The fourth-order valence-electron chi connectivity index (χ4n) is 2.94. The summed E-state index contributed by atoms with van der Waals surface area (Å²) in [5, 5.41) is 0. The van der Waals surface area contributed by atoms with E-state index < -0.39 is 0 Å². The fraction of sp³-hybridized carbons (Fsp3) is 0.250. The van der Waals surface area contributed by atoms with Crippen LogP contribution in [0.1, 0.15) is 18.5 Å². The summed E-state index contributed by atoms with van der Waals surface area (Å²) < 4.78 is 5.45. The van der Waals surface area contributed by atoms with Crippen molar-refractivity contribution in [3.63, 3.8) is 0 Å². The zero-order valence-corrected chi connectivity index (χ0v) is 13.5. The van der Waals surface area contributed by atoms with Crippen LogP contribution in [0.25, 0.3) is 22.2 Å². The van der Waals surface area contributed by atoms with Crippen LogP contribution >= 0.6 is 0 Å². The van der Waals surface area contributed by atoms with Crippen LogP contribution in [0, 0.1) is 5.92 Å². The highest BCUT2D eigenvalue weighted by atomic mass is 16.5. The molecular formula is C20H18N2O2. The van der Waals surface area contributed by atoms with Gasteiger partial charge in [-0.3, -0.25) is 9.78 Å². The predicted octanol–water partition coefficient (Wildman–Crippen LogP) is 3.83. The number of methoxy groups -OCH3 is 1. The van der Waals surface area contributed by atoms with Crippen molar-refractivity contribution in [2.24, 2.45) is 5.92 Å². The minimum Gasteiger partial charge on any atom is -0.494 e. The Hall–Kier alpha value is -2.75. The summed E-state index contributed by atoms with van der Waals surface area (Å²) >= 11 is 0. The molecule has 1 fully saturated rings. The molecule has 3 aromatic rings. The molecule has 0 unspecified atom stereocenters. The first-order valence-electron chi connectivity index (χ1n) is 8.17. The molecule has 1 saturated carbocycles. The summed E-state index contributed by atoms with van der Waals surface area (Å²) in [4.78, 5) is 21.3. The van der Waals surface area contributed by atoms with Crippen molar-refractivity contribution in [2.45, 2.75) is 19.3 Å². The molecule has 0 amide bonds. The first kappa shape index (κ1) is 14.8. The minimum absolute atomic E-state index is 0.236. The topological polar surface area (TPSA) is 52.1 Å². The molecule has 1 aliphatic carbocycles. The Morgan fingerprint density at radius 3 is 2.62 bits per heavy atom. The normalized spacial score (nSPS) is 13.9. The molecule has 1 aliphatic rings. The van der Waals surface area contributed by atoms with Gasteiger partial charge in [-0.05, 0) is 30.5 Å². The van der Waals surface area contributed by atoms with Crippen LogP contribution in [0.2, 0.25) is 0 Å². The maximum Gasteiger partial charge on any atom is 0.146 e. The number of hydrogen-bond donors (Lipinski definition) is 0. The Kier molecular flexibility index (Phi) is 3.73. The number of fused-ring (bicyclic) bond motifs is 1. The second-order valence-corrected chi connectivity index (χ2v) is 6.16. The summed E-state index contributed by atoms with van der Waals surface area (Å²) in [5.41, 5.74) is 4.31. The van der Waals surface area contributed by atoms with Crippen LogP contribution < -0.4 is 4.74 Å². The van der Waals surface area contributed by atoms with E-state index in [1.165, 1.54) is 0 Å². The number of rotatable bonds is 5. The lowest BCUT2D eigenvalue weighted by Crippen LogP contribution is -2.07. The average molecular weight is 318 g/mol. The molecule has 0 spiro atoms. The molecule has 2 aromatic carbocycles. The lowest BCUT2D eigenvalue weighted by molar-refractivity contribution is -0.119. The second kappa shape index (κ2) is 6.04. The summed E-state index contributed by atoms with van der Waals surface area (Å²) in [6, 6.07) is 14.0. The van der Waals surface area contributed by atoms with E-state index in [9.17, 15) is 4.79 Å². The van der Waals surface area contributed by atoms with Gasteiger partial charge in [0.1, 0.15) is 22.6 Å². The number of ketones is 1. The lowest BCUT2D eigenvalue weighted by Gasteiger charge is -2.10. The van der Waals surface area contributed by atoms with E-state index in [1.807, 2.05) is 42.5 Å². The van der Waals surface area contributed by atoms with E-state index >= 15 is 0 Å². The largest absolute Gasteiger partial charge is 0.494 e. The first-order chi connectivity index (χ1) is 11.8. The van der Waals surface area contributed by atoms with Crippen molar-refractivity contribution in [2.75, 3.05) is 7.11 Å². The molecule has 0 radical (unpaired) electrons. The minimum atomic E-state index is 0.236. The van der Waals surface area contributed by atoms with Crippen molar-refractivity contribution in [3.05, 3.63) is 54.4 Å². The molecule has 4 nitrogen and oxygen atoms in total. The van der Waals surface area contributed by atoms with Crippen molar-refractivity contribution in [3.8, 4) is 16.9 Å². The third kappa shape index (κ3) is 2.75. The molecular weight excluding hydrogens is 300 g/mol. The highest BCUT2D eigenvalue weighted by molar-refractivity contribution is 5.95. The Morgan fingerprint density at radius 1 is 1.12 bits per heavy atom. The van der Waals surface area contributed by atoms with Gasteiger partial charge in [-0.1, -0.05) is 30.3 Å². The van der Waals surface area contributed by atoms with Gasteiger partial charge in [-0.2, -0.15) is 0 Å². The molecule has 1 aromatic heterocycles. The number of carbonyl (C=O) groups is 1. The van der Waals surface area contributed by atoms with E-state index in [1.54, 1.807) is 13.3 Å². The Morgan fingerprint density at radius 2 is 1.92 bits per heavy atom. The van der Waals surface area contributed by atoms with Gasteiger partial charge in [-0.15, -0.1) is 0 Å².